The number of sulfone groups is 1. The van der Waals surface area contributed by atoms with Gasteiger partial charge in [0.05, 0.1) is 17.0 Å². The Kier molecular flexibility index (Phi) is 4.24. The smallest absolute Gasteiger partial charge is 0.253 e. The maximum atomic E-state index is 12.4. The molecule has 3 aromatic rings. The van der Waals surface area contributed by atoms with E-state index in [2.05, 4.69) is 16.3 Å². The van der Waals surface area contributed by atoms with E-state index in [0.717, 1.165) is 17.4 Å². The molecule has 1 amide bonds. The van der Waals surface area contributed by atoms with E-state index < -0.39 is 21.2 Å². The summed E-state index contributed by atoms with van der Waals surface area (Å²) in [4.78, 5) is 12.4. The number of nitrogens with zero attached hydrogens (tertiary/aromatic N) is 4. The molecule has 1 saturated carbocycles. The zero-order valence-corrected chi connectivity index (χ0v) is 16.3. The van der Waals surface area contributed by atoms with Gasteiger partial charge in [0.25, 0.3) is 5.16 Å². The minimum atomic E-state index is -3.54. The second-order valence-electron chi connectivity index (χ2n) is 7.13. The molecule has 9 heteroatoms. The molecule has 29 heavy (non-hydrogen) atoms. The fraction of sp³-hybridized carbons (Fsp3) is 0.200. The van der Waals surface area contributed by atoms with Crippen LogP contribution in [-0.4, -0.2) is 35.3 Å². The predicted molar refractivity (Wildman–Crippen MR) is 104 cm³/mol. The van der Waals surface area contributed by atoms with Crippen LogP contribution in [0.2, 0.25) is 0 Å². The SMILES string of the molecule is CS(=O)(=O)c1nncn1-c1ccc(C2(C(N)=O)CC2c2cccc(C#N)c2)cc1. The molecule has 1 aromatic heterocycles. The second-order valence-corrected chi connectivity index (χ2v) is 9.04. The average Bonchev–Trinajstić information content (AvgIpc) is 3.27. The Morgan fingerprint density at radius 3 is 2.62 bits per heavy atom. The van der Waals surface area contributed by atoms with Crippen LogP contribution in [-0.2, 0) is 20.0 Å². The lowest BCUT2D eigenvalue weighted by atomic mass is 9.89. The van der Waals surface area contributed by atoms with Crippen LogP contribution in [0.25, 0.3) is 5.69 Å². The van der Waals surface area contributed by atoms with Crippen LogP contribution in [0.3, 0.4) is 0 Å². The minimum absolute atomic E-state index is 0.111. The van der Waals surface area contributed by atoms with Crippen LogP contribution in [0.4, 0.5) is 0 Å². The van der Waals surface area contributed by atoms with Gasteiger partial charge in [-0.2, -0.15) is 5.26 Å². The fourth-order valence-corrected chi connectivity index (χ4v) is 4.50. The highest BCUT2D eigenvalue weighted by Gasteiger charge is 2.60. The molecule has 1 aliphatic rings. The quantitative estimate of drug-likeness (QED) is 0.681. The van der Waals surface area contributed by atoms with Crippen molar-refractivity contribution >= 4 is 15.7 Å². The Morgan fingerprint density at radius 2 is 2.00 bits per heavy atom. The summed E-state index contributed by atoms with van der Waals surface area (Å²) < 4.78 is 25.1. The molecule has 2 unspecified atom stereocenters. The van der Waals surface area contributed by atoms with Gasteiger partial charge in [0, 0.05) is 17.9 Å². The van der Waals surface area contributed by atoms with Crippen molar-refractivity contribution in [3.8, 4) is 11.8 Å². The summed E-state index contributed by atoms with van der Waals surface area (Å²) in [5.74, 6) is -0.542. The monoisotopic (exact) mass is 407 g/mol. The zero-order valence-electron chi connectivity index (χ0n) is 15.5. The molecule has 0 aliphatic heterocycles. The van der Waals surface area contributed by atoms with Gasteiger partial charge >= 0.3 is 0 Å². The Labute approximate surface area is 167 Å². The van der Waals surface area contributed by atoms with Gasteiger partial charge in [-0.1, -0.05) is 24.3 Å². The molecule has 1 fully saturated rings. The molecule has 0 spiro atoms. The first-order valence-electron chi connectivity index (χ1n) is 8.78. The Bertz CT molecular complexity index is 1260. The van der Waals surface area contributed by atoms with Gasteiger partial charge in [0.1, 0.15) is 6.33 Å². The standard InChI is InChI=1S/C20H17N5O3S/c1-29(27,28)19-24-23-12-25(19)16-7-5-15(6-8-16)20(18(22)26)10-17(20)14-4-2-3-13(9-14)11-21/h2-9,12,17H,10H2,1H3,(H2,22,26). The summed E-state index contributed by atoms with van der Waals surface area (Å²) in [6.07, 6.45) is 2.94. The molecule has 1 aliphatic carbocycles. The lowest BCUT2D eigenvalue weighted by Crippen LogP contribution is -2.30. The Morgan fingerprint density at radius 1 is 1.28 bits per heavy atom. The summed E-state index contributed by atoms with van der Waals surface area (Å²) in [5, 5.41) is 16.3. The van der Waals surface area contributed by atoms with Crippen molar-refractivity contribution in [2.75, 3.05) is 6.26 Å². The van der Waals surface area contributed by atoms with Gasteiger partial charge in [-0.25, -0.2) is 8.42 Å². The third-order valence-corrected chi connectivity index (χ3v) is 6.27. The number of carbonyl (C=O) groups excluding carboxylic acids is 1. The van der Waals surface area contributed by atoms with Crippen molar-refractivity contribution in [1.29, 1.82) is 5.26 Å². The zero-order chi connectivity index (χ0) is 20.8. The molecular weight excluding hydrogens is 390 g/mol. The highest BCUT2D eigenvalue weighted by atomic mass is 32.2. The Balaban J connectivity index is 1.70. The summed E-state index contributed by atoms with van der Waals surface area (Å²) in [5.41, 5.74) is 7.65. The molecular formula is C20H17N5O3S. The molecule has 0 saturated heterocycles. The number of carbonyl (C=O) groups is 1. The van der Waals surface area contributed by atoms with Crippen LogP contribution < -0.4 is 5.73 Å². The highest BCUT2D eigenvalue weighted by Crippen LogP contribution is 2.60. The maximum absolute atomic E-state index is 12.4. The van der Waals surface area contributed by atoms with Gasteiger partial charge in [0.15, 0.2) is 0 Å². The first-order valence-corrected chi connectivity index (χ1v) is 10.7. The number of primary amides is 1. The van der Waals surface area contributed by atoms with E-state index in [1.165, 1.54) is 10.9 Å². The van der Waals surface area contributed by atoms with E-state index >= 15 is 0 Å². The van der Waals surface area contributed by atoms with E-state index in [1.807, 2.05) is 6.07 Å². The van der Waals surface area contributed by atoms with E-state index in [-0.39, 0.29) is 11.1 Å². The lowest BCUT2D eigenvalue weighted by molar-refractivity contribution is -0.120. The third kappa shape index (κ3) is 3.07. The molecule has 2 N–H and O–H groups in total. The van der Waals surface area contributed by atoms with E-state index in [1.54, 1.807) is 42.5 Å². The first-order chi connectivity index (χ1) is 13.8. The summed E-state index contributed by atoms with van der Waals surface area (Å²) in [7, 11) is -3.54. The number of hydrogen-bond donors (Lipinski definition) is 1. The summed E-state index contributed by atoms with van der Waals surface area (Å²) in [6.45, 7) is 0. The maximum Gasteiger partial charge on any atom is 0.253 e. The number of amides is 1. The highest BCUT2D eigenvalue weighted by molar-refractivity contribution is 7.90. The molecule has 1 heterocycles. The van der Waals surface area contributed by atoms with Crippen molar-refractivity contribution < 1.29 is 13.2 Å². The van der Waals surface area contributed by atoms with E-state index in [0.29, 0.717) is 17.7 Å². The van der Waals surface area contributed by atoms with Gasteiger partial charge < -0.3 is 5.73 Å². The molecule has 2 atom stereocenters. The van der Waals surface area contributed by atoms with Crippen LogP contribution in [0.1, 0.15) is 29.0 Å². The molecule has 8 nitrogen and oxygen atoms in total. The van der Waals surface area contributed by atoms with Gasteiger partial charge in [0.2, 0.25) is 15.7 Å². The topological polar surface area (TPSA) is 132 Å². The third-order valence-electron chi connectivity index (χ3n) is 5.33. The van der Waals surface area contributed by atoms with Crippen molar-refractivity contribution in [2.24, 2.45) is 5.73 Å². The van der Waals surface area contributed by atoms with Crippen molar-refractivity contribution in [2.45, 2.75) is 22.9 Å². The molecule has 0 bridgehead atoms. The number of nitrogens with two attached hydrogens (primary N) is 1. The Hall–Kier alpha value is -3.51. The van der Waals surface area contributed by atoms with Crippen LogP contribution in [0, 0.1) is 11.3 Å². The predicted octanol–water partition coefficient (Wildman–Crippen LogP) is 1.45. The van der Waals surface area contributed by atoms with Crippen molar-refractivity contribution in [1.82, 2.24) is 14.8 Å². The second kappa shape index (κ2) is 6.53. The molecule has 0 radical (unpaired) electrons. The summed E-state index contributed by atoms with van der Waals surface area (Å²) in [6, 6.07) is 16.2. The summed E-state index contributed by atoms with van der Waals surface area (Å²) >= 11 is 0. The fourth-order valence-electron chi connectivity index (χ4n) is 3.80. The van der Waals surface area contributed by atoms with Crippen molar-refractivity contribution in [3.05, 3.63) is 71.5 Å². The van der Waals surface area contributed by atoms with Gasteiger partial charge in [-0.3, -0.25) is 9.36 Å². The number of aromatic nitrogens is 3. The van der Waals surface area contributed by atoms with Gasteiger partial charge in [-0.05, 0) is 41.8 Å². The van der Waals surface area contributed by atoms with Crippen LogP contribution in [0.5, 0.6) is 0 Å². The lowest BCUT2D eigenvalue weighted by Gasteiger charge is -2.15. The minimum Gasteiger partial charge on any atom is -0.369 e. The van der Waals surface area contributed by atoms with Crippen LogP contribution in [0.15, 0.2) is 60.0 Å². The number of rotatable bonds is 5. The van der Waals surface area contributed by atoms with Gasteiger partial charge in [-0.15, -0.1) is 10.2 Å². The van der Waals surface area contributed by atoms with E-state index in [9.17, 15) is 13.2 Å². The first kappa shape index (κ1) is 18.8. The largest absolute Gasteiger partial charge is 0.369 e. The molecule has 2 aromatic carbocycles. The van der Waals surface area contributed by atoms with Crippen LogP contribution >= 0.6 is 0 Å². The number of nitriles is 1. The normalized spacial score (nSPS) is 20.8. The molecule has 4 rings (SSSR count). The number of hydrogen-bond acceptors (Lipinski definition) is 6. The van der Waals surface area contributed by atoms with E-state index in [4.69, 9.17) is 11.0 Å². The van der Waals surface area contributed by atoms with Crippen molar-refractivity contribution in [3.63, 3.8) is 0 Å². The molecule has 146 valence electrons. The average molecular weight is 407 g/mol. The number of benzene rings is 2.